The first-order valence-corrected chi connectivity index (χ1v) is 8.36. The molecule has 0 aliphatic rings. The molecule has 0 aromatic heterocycles. The van der Waals surface area contributed by atoms with Crippen LogP contribution in [-0.4, -0.2) is 44.2 Å². The Morgan fingerprint density at radius 2 is 1.72 bits per heavy atom. The lowest BCUT2D eigenvalue weighted by atomic mass is 10.2. The number of rotatable bonds is 9. The van der Waals surface area contributed by atoms with E-state index >= 15 is 0 Å². The molecule has 0 spiro atoms. The van der Waals surface area contributed by atoms with E-state index in [9.17, 15) is 4.79 Å². The molecule has 1 atom stereocenters. The highest BCUT2D eigenvalue weighted by Gasteiger charge is 2.12. The molecule has 0 aliphatic carbocycles. The van der Waals surface area contributed by atoms with Crippen LogP contribution in [0.4, 0.5) is 0 Å². The Balaban J connectivity index is 1.74. The lowest BCUT2D eigenvalue weighted by Gasteiger charge is -2.22. The van der Waals surface area contributed by atoms with Crippen LogP contribution in [0.2, 0.25) is 0 Å². The van der Waals surface area contributed by atoms with Crippen molar-refractivity contribution in [3.63, 3.8) is 0 Å². The predicted molar refractivity (Wildman–Crippen MR) is 98.9 cm³/mol. The number of hydrogen-bond acceptors (Lipinski definition) is 4. The molecule has 0 saturated heterocycles. The van der Waals surface area contributed by atoms with E-state index in [1.807, 2.05) is 44.3 Å². The van der Waals surface area contributed by atoms with E-state index in [2.05, 4.69) is 22.3 Å². The third-order valence-corrected chi connectivity index (χ3v) is 3.72. The molecule has 2 aromatic carbocycles. The zero-order valence-corrected chi connectivity index (χ0v) is 15.1. The second-order valence-corrected chi connectivity index (χ2v) is 6.09. The minimum atomic E-state index is -0.147. The monoisotopic (exact) mass is 342 g/mol. The molecule has 5 heteroatoms. The summed E-state index contributed by atoms with van der Waals surface area (Å²) in [5.74, 6) is 1.03. The molecule has 0 fully saturated rings. The Morgan fingerprint density at radius 3 is 2.40 bits per heavy atom. The van der Waals surface area contributed by atoms with Crippen LogP contribution in [0.1, 0.15) is 12.5 Å². The van der Waals surface area contributed by atoms with Gasteiger partial charge in [0.15, 0.2) is 18.1 Å². The van der Waals surface area contributed by atoms with Gasteiger partial charge in [0.05, 0.1) is 7.11 Å². The van der Waals surface area contributed by atoms with Gasteiger partial charge < -0.3 is 19.7 Å². The fraction of sp³-hybridized carbons (Fsp3) is 0.350. The van der Waals surface area contributed by atoms with Gasteiger partial charge in [-0.3, -0.25) is 4.79 Å². The Bertz CT molecular complexity index is 661. The van der Waals surface area contributed by atoms with Crippen LogP contribution in [0.5, 0.6) is 11.5 Å². The van der Waals surface area contributed by atoms with Crippen molar-refractivity contribution < 1.29 is 14.3 Å². The molecule has 0 bridgehead atoms. The number of methoxy groups -OCH3 is 1. The molecule has 134 valence electrons. The van der Waals surface area contributed by atoms with Crippen LogP contribution >= 0.6 is 0 Å². The van der Waals surface area contributed by atoms with Crippen molar-refractivity contribution in [2.75, 3.05) is 27.3 Å². The lowest BCUT2D eigenvalue weighted by molar-refractivity contribution is -0.123. The van der Waals surface area contributed by atoms with Crippen LogP contribution in [0.25, 0.3) is 0 Å². The van der Waals surface area contributed by atoms with E-state index < -0.39 is 0 Å². The van der Waals surface area contributed by atoms with Gasteiger partial charge in [-0.25, -0.2) is 0 Å². The summed E-state index contributed by atoms with van der Waals surface area (Å²) in [5.41, 5.74) is 1.25. The van der Waals surface area contributed by atoms with Gasteiger partial charge in [-0.2, -0.15) is 0 Å². The fourth-order valence-corrected chi connectivity index (χ4v) is 2.67. The standard InChI is InChI=1S/C20H26N2O3/c1-16(13-22(2)14-17-9-5-4-6-10-17)21-20(23)15-25-19-12-8-7-11-18(19)24-3/h4-12,16H,13-15H2,1-3H3,(H,21,23)/t16-/m0/s1. The number of carbonyl (C=O) groups excluding carboxylic acids is 1. The van der Waals surface area contributed by atoms with Gasteiger partial charge in [0.1, 0.15) is 0 Å². The number of para-hydroxylation sites is 2. The number of ether oxygens (including phenoxy) is 2. The molecule has 0 radical (unpaired) electrons. The van der Waals surface area contributed by atoms with Gasteiger partial charge in [0.25, 0.3) is 5.91 Å². The van der Waals surface area contributed by atoms with Crippen molar-refractivity contribution in [1.82, 2.24) is 10.2 Å². The van der Waals surface area contributed by atoms with E-state index in [0.717, 1.165) is 13.1 Å². The molecular weight excluding hydrogens is 316 g/mol. The molecule has 1 N–H and O–H groups in total. The Labute approximate surface area is 149 Å². The molecule has 1 amide bonds. The fourth-order valence-electron chi connectivity index (χ4n) is 2.67. The van der Waals surface area contributed by atoms with E-state index in [4.69, 9.17) is 9.47 Å². The summed E-state index contributed by atoms with van der Waals surface area (Å²) in [5, 5.41) is 2.96. The van der Waals surface area contributed by atoms with E-state index in [-0.39, 0.29) is 18.6 Å². The molecule has 5 nitrogen and oxygen atoms in total. The minimum absolute atomic E-state index is 0.0301. The topological polar surface area (TPSA) is 50.8 Å². The van der Waals surface area contributed by atoms with Crippen LogP contribution in [0, 0.1) is 0 Å². The summed E-state index contributed by atoms with van der Waals surface area (Å²) in [6, 6.07) is 17.6. The van der Waals surface area contributed by atoms with Crippen LogP contribution in [0.3, 0.4) is 0 Å². The smallest absolute Gasteiger partial charge is 0.258 e. The van der Waals surface area contributed by atoms with Gasteiger partial charge in [0.2, 0.25) is 0 Å². The van der Waals surface area contributed by atoms with Gasteiger partial charge in [-0.05, 0) is 31.7 Å². The zero-order valence-electron chi connectivity index (χ0n) is 15.1. The number of amides is 1. The van der Waals surface area contributed by atoms with Crippen LogP contribution < -0.4 is 14.8 Å². The first-order valence-electron chi connectivity index (χ1n) is 8.36. The van der Waals surface area contributed by atoms with Crippen molar-refractivity contribution in [2.45, 2.75) is 19.5 Å². The van der Waals surface area contributed by atoms with Crippen molar-refractivity contribution in [1.29, 1.82) is 0 Å². The summed E-state index contributed by atoms with van der Waals surface area (Å²) in [4.78, 5) is 14.3. The Morgan fingerprint density at radius 1 is 1.08 bits per heavy atom. The van der Waals surface area contributed by atoms with Gasteiger partial charge in [0, 0.05) is 19.1 Å². The van der Waals surface area contributed by atoms with Crippen molar-refractivity contribution in [3.8, 4) is 11.5 Å². The highest BCUT2D eigenvalue weighted by Crippen LogP contribution is 2.25. The third-order valence-electron chi connectivity index (χ3n) is 3.72. The predicted octanol–water partition coefficient (Wildman–Crippen LogP) is 2.71. The minimum Gasteiger partial charge on any atom is -0.493 e. The van der Waals surface area contributed by atoms with Gasteiger partial charge >= 0.3 is 0 Å². The maximum absolute atomic E-state index is 12.1. The maximum Gasteiger partial charge on any atom is 0.258 e. The van der Waals surface area contributed by atoms with E-state index in [1.54, 1.807) is 19.2 Å². The number of hydrogen-bond donors (Lipinski definition) is 1. The summed E-state index contributed by atoms with van der Waals surface area (Å²) >= 11 is 0. The summed E-state index contributed by atoms with van der Waals surface area (Å²) in [6.07, 6.45) is 0. The number of likely N-dealkylation sites (N-methyl/N-ethyl adjacent to an activating group) is 1. The maximum atomic E-state index is 12.1. The summed E-state index contributed by atoms with van der Waals surface area (Å²) in [7, 11) is 3.62. The molecule has 2 aromatic rings. The number of carbonyl (C=O) groups is 1. The number of nitrogens with one attached hydrogen (secondary N) is 1. The van der Waals surface area contributed by atoms with E-state index in [0.29, 0.717) is 11.5 Å². The van der Waals surface area contributed by atoms with Crippen molar-refractivity contribution >= 4 is 5.91 Å². The first kappa shape index (κ1) is 18.8. The highest BCUT2D eigenvalue weighted by atomic mass is 16.5. The number of benzene rings is 2. The lowest BCUT2D eigenvalue weighted by Crippen LogP contribution is -2.42. The average molecular weight is 342 g/mol. The molecule has 0 aliphatic heterocycles. The van der Waals surface area contributed by atoms with Gasteiger partial charge in [-0.15, -0.1) is 0 Å². The largest absolute Gasteiger partial charge is 0.493 e. The van der Waals surface area contributed by atoms with Crippen molar-refractivity contribution in [3.05, 3.63) is 60.2 Å². The zero-order chi connectivity index (χ0) is 18.1. The highest BCUT2D eigenvalue weighted by molar-refractivity contribution is 5.77. The summed E-state index contributed by atoms with van der Waals surface area (Å²) in [6.45, 7) is 3.56. The second-order valence-electron chi connectivity index (χ2n) is 6.09. The summed E-state index contributed by atoms with van der Waals surface area (Å²) < 4.78 is 10.7. The van der Waals surface area contributed by atoms with Crippen molar-refractivity contribution in [2.24, 2.45) is 0 Å². The normalized spacial score (nSPS) is 11.8. The van der Waals surface area contributed by atoms with Crippen LogP contribution in [0.15, 0.2) is 54.6 Å². The second kappa shape index (κ2) is 9.69. The quantitative estimate of drug-likeness (QED) is 0.761. The van der Waals surface area contributed by atoms with E-state index in [1.165, 1.54) is 5.56 Å². The molecule has 25 heavy (non-hydrogen) atoms. The Kier molecular flexibility index (Phi) is 7.29. The average Bonchev–Trinajstić information content (AvgIpc) is 2.60. The first-order chi connectivity index (χ1) is 12.1. The third kappa shape index (κ3) is 6.47. The molecule has 0 heterocycles. The molecule has 2 rings (SSSR count). The Hall–Kier alpha value is -2.53. The molecule has 0 unspecified atom stereocenters. The molecular formula is C20H26N2O3. The van der Waals surface area contributed by atoms with Crippen LogP contribution in [-0.2, 0) is 11.3 Å². The number of nitrogens with zero attached hydrogens (tertiary/aromatic N) is 1. The molecule has 0 saturated carbocycles. The SMILES string of the molecule is COc1ccccc1OCC(=O)N[C@@H](C)CN(C)Cc1ccccc1. The van der Waals surface area contributed by atoms with Gasteiger partial charge in [-0.1, -0.05) is 42.5 Å².